The topological polar surface area (TPSA) is 90.0 Å². The number of hydrogen-bond donors (Lipinski definition) is 1. The third kappa shape index (κ3) is 7.60. The number of ether oxygens (including phenoxy) is 3. The van der Waals surface area contributed by atoms with E-state index in [1.807, 2.05) is 53.7 Å². The number of nitrogens with one attached hydrogen (secondary N) is 1. The summed E-state index contributed by atoms with van der Waals surface area (Å²) in [5.41, 5.74) is 3.06. The van der Waals surface area contributed by atoms with Gasteiger partial charge >= 0.3 is 6.09 Å². The summed E-state index contributed by atoms with van der Waals surface area (Å²) in [6.45, 7) is 15.7. The second kappa shape index (κ2) is 11.6. The molecule has 1 heterocycles. The van der Waals surface area contributed by atoms with Crippen molar-refractivity contribution >= 4 is 18.2 Å². The summed E-state index contributed by atoms with van der Waals surface area (Å²) in [5, 5.41) is 2.99. The molecule has 0 aliphatic heterocycles. The number of amides is 2. The van der Waals surface area contributed by atoms with Crippen LogP contribution in [-0.4, -0.2) is 49.4 Å². The van der Waals surface area contributed by atoms with Crippen molar-refractivity contribution < 1.29 is 23.8 Å². The van der Waals surface area contributed by atoms with Gasteiger partial charge in [0.1, 0.15) is 12.2 Å². The van der Waals surface area contributed by atoms with E-state index in [1.54, 1.807) is 26.4 Å². The normalized spacial score (nSPS) is 13.1. The molecular weight excluding hydrogens is 458 g/mol. The van der Waals surface area contributed by atoms with Gasteiger partial charge in [-0.1, -0.05) is 13.8 Å². The Morgan fingerprint density at radius 2 is 1.81 bits per heavy atom. The van der Waals surface area contributed by atoms with Gasteiger partial charge in [0.05, 0.1) is 18.3 Å². The molecule has 2 rings (SSSR count). The van der Waals surface area contributed by atoms with Gasteiger partial charge in [0.15, 0.2) is 11.5 Å². The van der Waals surface area contributed by atoms with E-state index in [0.717, 1.165) is 28.8 Å². The van der Waals surface area contributed by atoms with E-state index >= 15 is 0 Å². The molecular formula is C28H41N3O5. The fourth-order valence-electron chi connectivity index (χ4n) is 4.15. The van der Waals surface area contributed by atoms with Crippen LogP contribution in [0.25, 0.3) is 11.1 Å². The van der Waals surface area contributed by atoms with E-state index in [9.17, 15) is 9.59 Å². The summed E-state index contributed by atoms with van der Waals surface area (Å²) >= 11 is 0. The minimum absolute atomic E-state index is 0.178. The molecule has 1 atom stereocenters. The number of anilines is 1. The van der Waals surface area contributed by atoms with Crippen LogP contribution in [0.15, 0.2) is 24.4 Å². The Kier molecular flexibility index (Phi) is 9.35. The molecule has 0 saturated heterocycles. The van der Waals surface area contributed by atoms with E-state index < -0.39 is 17.2 Å². The van der Waals surface area contributed by atoms with Crippen LogP contribution in [0.2, 0.25) is 0 Å². The first-order valence-electron chi connectivity index (χ1n) is 12.2. The van der Waals surface area contributed by atoms with Gasteiger partial charge in [-0.3, -0.25) is 9.78 Å². The summed E-state index contributed by atoms with van der Waals surface area (Å²) in [6.07, 6.45) is 2.68. The minimum Gasteiger partial charge on any atom is -0.493 e. The molecule has 198 valence electrons. The number of methoxy groups -OCH3 is 1. The lowest BCUT2D eigenvalue weighted by Crippen LogP contribution is -2.52. The third-order valence-corrected chi connectivity index (χ3v) is 5.77. The summed E-state index contributed by atoms with van der Waals surface area (Å²) in [5.74, 6) is 1.29. The third-order valence-electron chi connectivity index (χ3n) is 5.77. The molecule has 1 unspecified atom stereocenters. The predicted molar refractivity (Wildman–Crippen MR) is 143 cm³/mol. The summed E-state index contributed by atoms with van der Waals surface area (Å²) in [6, 6.07) is 5.58. The largest absolute Gasteiger partial charge is 0.493 e. The molecule has 0 fully saturated rings. The standard InChI is InChI=1S/C28H41N3O5/c1-18(2)15-28(8,30-26(33)36-27(5,6)7)16-35-25-14-23(31(9)17-32)22(13-24(25)34-10)21-11-12-29-20(4)19(21)3/h11-14,17-18H,15-16H2,1-10H3,(H,30,33). The molecule has 0 radical (unpaired) electrons. The highest BCUT2D eigenvalue weighted by atomic mass is 16.6. The van der Waals surface area contributed by atoms with E-state index in [1.165, 1.54) is 4.90 Å². The average Bonchev–Trinajstić information content (AvgIpc) is 2.76. The van der Waals surface area contributed by atoms with Crippen LogP contribution in [0.1, 0.15) is 59.2 Å². The zero-order chi connectivity index (χ0) is 27.3. The Bertz CT molecular complexity index is 1080. The van der Waals surface area contributed by atoms with Gasteiger partial charge in [0.25, 0.3) is 0 Å². The van der Waals surface area contributed by atoms with Gasteiger partial charge in [-0.2, -0.15) is 0 Å². The highest BCUT2D eigenvalue weighted by Gasteiger charge is 2.31. The van der Waals surface area contributed by atoms with E-state index in [4.69, 9.17) is 14.2 Å². The Morgan fingerprint density at radius 3 is 2.36 bits per heavy atom. The molecule has 36 heavy (non-hydrogen) atoms. The number of nitrogens with zero attached hydrogens (tertiary/aromatic N) is 2. The summed E-state index contributed by atoms with van der Waals surface area (Å²) in [7, 11) is 3.27. The van der Waals surface area contributed by atoms with E-state index in [-0.39, 0.29) is 6.61 Å². The maximum atomic E-state index is 12.6. The predicted octanol–water partition coefficient (Wildman–Crippen LogP) is 5.67. The highest BCUT2D eigenvalue weighted by Crippen LogP contribution is 2.41. The van der Waals surface area contributed by atoms with Crippen LogP contribution in [0, 0.1) is 19.8 Å². The monoisotopic (exact) mass is 499 g/mol. The molecule has 1 aromatic carbocycles. The Hall–Kier alpha value is -3.29. The minimum atomic E-state index is -0.699. The molecule has 0 aliphatic rings. The van der Waals surface area contributed by atoms with Crippen molar-refractivity contribution in [3.63, 3.8) is 0 Å². The van der Waals surface area contributed by atoms with Crippen molar-refractivity contribution in [2.75, 3.05) is 25.7 Å². The highest BCUT2D eigenvalue weighted by molar-refractivity contribution is 5.89. The molecule has 8 nitrogen and oxygen atoms in total. The number of aromatic nitrogens is 1. The van der Waals surface area contributed by atoms with Crippen LogP contribution >= 0.6 is 0 Å². The van der Waals surface area contributed by atoms with Crippen molar-refractivity contribution in [2.45, 2.75) is 73.0 Å². The summed E-state index contributed by atoms with van der Waals surface area (Å²) in [4.78, 5) is 30.2. The lowest BCUT2D eigenvalue weighted by molar-refractivity contribution is -0.107. The number of benzene rings is 1. The number of rotatable bonds is 10. The van der Waals surface area contributed by atoms with Crippen molar-refractivity contribution in [1.82, 2.24) is 10.3 Å². The van der Waals surface area contributed by atoms with Gasteiger partial charge in [-0.05, 0) is 77.1 Å². The molecule has 1 N–H and O–H groups in total. The fraction of sp³-hybridized carbons (Fsp3) is 0.536. The number of aryl methyl sites for hydroxylation is 1. The number of carbonyl (C=O) groups excluding carboxylic acids is 2. The van der Waals surface area contributed by atoms with Crippen molar-refractivity contribution in [1.29, 1.82) is 0 Å². The first-order chi connectivity index (χ1) is 16.7. The van der Waals surface area contributed by atoms with Gasteiger partial charge < -0.3 is 24.4 Å². The van der Waals surface area contributed by atoms with E-state index in [2.05, 4.69) is 24.1 Å². The number of hydrogen-bond acceptors (Lipinski definition) is 6. The Balaban J connectivity index is 2.47. The maximum absolute atomic E-state index is 12.6. The molecule has 0 saturated carbocycles. The molecule has 0 aliphatic carbocycles. The summed E-state index contributed by atoms with van der Waals surface area (Å²) < 4.78 is 17.4. The first kappa shape index (κ1) is 28.9. The second-order valence-corrected chi connectivity index (χ2v) is 10.9. The van der Waals surface area contributed by atoms with Crippen LogP contribution in [0.4, 0.5) is 10.5 Å². The first-order valence-corrected chi connectivity index (χ1v) is 12.2. The number of pyridine rings is 1. The van der Waals surface area contributed by atoms with Crippen molar-refractivity contribution in [3.8, 4) is 22.6 Å². The van der Waals surface area contributed by atoms with Gasteiger partial charge in [0.2, 0.25) is 6.41 Å². The smallest absolute Gasteiger partial charge is 0.408 e. The van der Waals surface area contributed by atoms with Crippen LogP contribution < -0.4 is 19.7 Å². The molecule has 0 spiro atoms. The van der Waals surface area contributed by atoms with E-state index in [0.29, 0.717) is 29.5 Å². The van der Waals surface area contributed by atoms with Crippen molar-refractivity contribution in [3.05, 3.63) is 35.7 Å². The Labute approximate surface area is 215 Å². The molecule has 1 aromatic heterocycles. The second-order valence-electron chi connectivity index (χ2n) is 10.9. The van der Waals surface area contributed by atoms with Crippen molar-refractivity contribution in [2.24, 2.45) is 5.92 Å². The maximum Gasteiger partial charge on any atom is 0.408 e. The number of carbonyl (C=O) groups is 2. The van der Waals surface area contributed by atoms with Crippen LogP contribution in [0.5, 0.6) is 11.5 Å². The molecule has 2 amide bonds. The molecule has 2 aromatic rings. The lowest BCUT2D eigenvalue weighted by Gasteiger charge is -2.33. The average molecular weight is 500 g/mol. The zero-order valence-corrected chi connectivity index (χ0v) is 23.3. The van der Waals surface area contributed by atoms with Crippen LogP contribution in [0.3, 0.4) is 0 Å². The van der Waals surface area contributed by atoms with Gasteiger partial charge in [0, 0.05) is 30.6 Å². The quantitative estimate of drug-likeness (QED) is 0.423. The van der Waals surface area contributed by atoms with Crippen LogP contribution in [-0.2, 0) is 9.53 Å². The molecule has 0 bridgehead atoms. The fourth-order valence-corrected chi connectivity index (χ4v) is 4.15. The van der Waals surface area contributed by atoms with Gasteiger partial charge in [-0.25, -0.2) is 4.79 Å². The number of alkyl carbamates (subject to hydrolysis) is 1. The zero-order valence-electron chi connectivity index (χ0n) is 23.3. The van der Waals surface area contributed by atoms with Gasteiger partial charge in [-0.15, -0.1) is 0 Å². The lowest BCUT2D eigenvalue weighted by atomic mass is 9.91. The molecule has 8 heteroatoms. The Morgan fingerprint density at radius 1 is 1.14 bits per heavy atom. The SMILES string of the molecule is COc1cc(-c2ccnc(C)c2C)c(N(C)C=O)cc1OCC(C)(CC(C)C)NC(=O)OC(C)(C)C.